The van der Waals surface area contributed by atoms with E-state index in [-0.39, 0.29) is 11.4 Å². The molecule has 1 heterocycles. The van der Waals surface area contributed by atoms with Crippen molar-refractivity contribution in [3.8, 4) is 11.4 Å². The Labute approximate surface area is 110 Å². The third kappa shape index (κ3) is 2.67. The maximum atomic E-state index is 11.7. The zero-order chi connectivity index (χ0) is 13.8. The zero-order valence-corrected chi connectivity index (χ0v) is 10.8. The van der Waals surface area contributed by atoms with Crippen molar-refractivity contribution in [3.05, 3.63) is 36.0 Å². The molecule has 1 aromatic heterocycles. The molecular weight excluding hydrogens is 246 g/mol. The second-order valence-corrected chi connectivity index (χ2v) is 3.79. The van der Waals surface area contributed by atoms with Crippen LogP contribution in [0.1, 0.15) is 17.3 Å². The summed E-state index contributed by atoms with van der Waals surface area (Å²) >= 11 is 0. The highest BCUT2D eigenvalue weighted by Gasteiger charge is 2.16. The molecule has 0 bridgehead atoms. The molecule has 0 aliphatic carbocycles. The Kier molecular flexibility index (Phi) is 3.70. The third-order valence-electron chi connectivity index (χ3n) is 2.56. The van der Waals surface area contributed by atoms with Gasteiger partial charge in [-0.1, -0.05) is 6.07 Å². The first kappa shape index (κ1) is 12.9. The summed E-state index contributed by atoms with van der Waals surface area (Å²) in [5.41, 5.74) is 6.72. The molecular formula is C13H15N3O3. The summed E-state index contributed by atoms with van der Waals surface area (Å²) in [6, 6.07) is 7.28. The highest BCUT2D eigenvalue weighted by atomic mass is 16.5. The van der Waals surface area contributed by atoms with Gasteiger partial charge in [0.15, 0.2) is 5.82 Å². The average molecular weight is 261 g/mol. The number of nitrogen functional groups attached to an aromatic ring is 1. The molecule has 1 aromatic carbocycles. The van der Waals surface area contributed by atoms with Crippen molar-refractivity contribution >= 4 is 11.8 Å². The van der Waals surface area contributed by atoms with Crippen LogP contribution in [-0.4, -0.2) is 29.5 Å². The predicted molar refractivity (Wildman–Crippen MR) is 70.5 cm³/mol. The summed E-state index contributed by atoms with van der Waals surface area (Å²) in [5, 5.41) is 4.10. The Hall–Kier alpha value is -2.50. The normalized spacial score (nSPS) is 10.2. The largest absolute Gasteiger partial charge is 0.497 e. The van der Waals surface area contributed by atoms with Crippen LogP contribution >= 0.6 is 0 Å². The van der Waals surface area contributed by atoms with Crippen LogP contribution in [-0.2, 0) is 4.74 Å². The first-order chi connectivity index (χ1) is 9.15. The Balaban J connectivity index is 2.36. The van der Waals surface area contributed by atoms with Crippen LogP contribution in [0.4, 0.5) is 5.82 Å². The number of aromatic nitrogens is 2. The van der Waals surface area contributed by atoms with Gasteiger partial charge in [0.05, 0.1) is 19.4 Å². The molecule has 0 aliphatic heterocycles. The molecule has 0 atom stereocenters. The Morgan fingerprint density at radius 1 is 1.47 bits per heavy atom. The van der Waals surface area contributed by atoms with Crippen LogP contribution in [0.2, 0.25) is 0 Å². The summed E-state index contributed by atoms with van der Waals surface area (Å²) in [5.74, 6) is 0.361. The second-order valence-electron chi connectivity index (χ2n) is 3.79. The van der Waals surface area contributed by atoms with Crippen LogP contribution in [0.25, 0.3) is 5.69 Å². The number of carbonyl (C=O) groups excluding carboxylic acids is 1. The van der Waals surface area contributed by atoms with Crippen LogP contribution < -0.4 is 10.5 Å². The highest BCUT2D eigenvalue weighted by molar-refractivity contribution is 5.94. The van der Waals surface area contributed by atoms with Gasteiger partial charge in [-0.3, -0.25) is 0 Å². The van der Waals surface area contributed by atoms with E-state index in [1.807, 2.05) is 18.2 Å². The zero-order valence-electron chi connectivity index (χ0n) is 10.8. The topological polar surface area (TPSA) is 79.4 Å². The highest BCUT2D eigenvalue weighted by Crippen LogP contribution is 2.19. The fraction of sp³-hybridized carbons (Fsp3) is 0.231. The molecule has 19 heavy (non-hydrogen) atoms. The van der Waals surface area contributed by atoms with E-state index < -0.39 is 5.97 Å². The maximum absolute atomic E-state index is 11.7. The van der Waals surface area contributed by atoms with Crippen molar-refractivity contribution in [2.24, 2.45) is 0 Å². The molecule has 6 heteroatoms. The molecule has 6 nitrogen and oxygen atoms in total. The molecule has 100 valence electrons. The molecule has 2 N–H and O–H groups in total. The summed E-state index contributed by atoms with van der Waals surface area (Å²) in [7, 11) is 1.58. The van der Waals surface area contributed by atoms with Crippen molar-refractivity contribution in [3.63, 3.8) is 0 Å². The molecule has 0 radical (unpaired) electrons. The lowest BCUT2D eigenvalue weighted by Crippen LogP contribution is -2.05. The maximum Gasteiger partial charge on any atom is 0.343 e. The van der Waals surface area contributed by atoms with Gasteiger partial charge in [-0.05, 0) is 19.1 Å². The van der Waals surface area contributed by atoms with Crippen molar-refractivity contribution in [1.82, 2.24) is 9.78 Å². The lowest BCUT2D eigenvalue weighted by atomic mass is 10.3. The van der Waals surface area contributed by atoms with E-state index in [4.69, 9.17) is 15.2 Å². The first-order valence-electron chi connectivity index (χ1n) is 5.82. The standard InChI is InChI=1S/C13H15N3O3/c1-3-19-13(17)11-8-16(15-12(11)14)9-5-4-6-10(7-9)18-2/h4-8H,3H2,1-2H3,(H2,14,15). The number of carbonyl (C=O) groups is 1. The van der Waals surface area contributed by atoms with Crippen molar-refractivity contribution in [1.29, 1.82) is 0 Å². The number of nitrogens with two attached hydrogens (primary N) is 1. The van der Waals surface area contributed by atoms with E-state index in [1.165, 1.54) is 4.68 Å². The van der Waals surface area contributed by atoms with Gasteiger partial charge >= 0.3 is 5.97 Å². The molecule has 0 saturated heterocycles. The van der Waals surface area contributed by atoms with E-state index in [9.17, 15) is 4.79 Å². The van der Waals surface area contributed by atoms with Crippen LogP contribution in [0.3, 0.4) is 0 Å². The van der Waals surface area contributed by atoms with Crippen molar-refractivity contribution in [2.45, 2.75) is 6.92 Å². The van der Waals surface area contributed by atoms with Gasteiger partial charge in [-0.25, -0.2) is 9.48 Å². The molecule has 0 spiro atoms. The summed E-state index contributed by atoms with van der Waals surface area (Å²) in [6.45, 7) is 2.03. The number of benzene rings is 1. The van der Waals surface area contributed by atoms with Crippen LogP contribution in [0, 0.1) is 0 Å². The molecule has 2 rings (SSSR count). The Bertz CT molecular complexity index is 593. The van der Waals surface area contributed by atoms with Crippen molar-refractivity contribution in [2.75, 3.05) is 19.5 Å². The third-order valence-corrected chi connectivity index (χ3v) is 2.56. The lowest BCUT2D eigenvalue weighted by molar-refractivity contribution is 0.0527. The second kappa shape index (κ2) is 5.43. The number of hydrogen-bond acceptors (Lipinski definition) is 5. The van der Waals surface area contributed by atoms with Gasteiger partial charge in [-0.2, -0.15) is 0 Å². The van der Waals surface area contributed by atoms with Gasteiger partial charge in [0.25, 0.3) is 0 Å². The minimum Gasteiger partial charge on any atom is -0.497 e. The number of methoxy groups -OCH3 is 1. The van der Waals surface area contributed by atoms with Gasteiger partial charge in [0, 0.05) is 12.3 Å². The van der Waals surface area contributed by atoms with E-state index in [0.29, 0.717) is 12.4 Å². The number of ether oxygens (including phenoxy) is 2. The minimum atomic E-state index is -0.478. The smallest absolute Gasteiger partial charge is 0.343 e. The number of rotatable bonds is 4. The van der Waals surface area contributed by atoms with Crippen molar-refractivity contribution < 1.29 is 14.3 Å². The number of hydrogen-bond donors (Lipinski definition) is 1. The molecule has 0 amide bonds. The summed E-state index contributed by atoms with van der Waals surface area (Å²) < 4.78 is 11.6. The first-order valence-corrected chi connectivity index (χ1v) is 5.82. The average Bonchev–Trinajstić information content (AvgIpc) is 2.81. The predicted octanol–water partition coefficient (Wildman–Crippen LogP) is 1.64. The van der Waals surface area contributed by atoms with Gasteiger partial charge in [0.2, 0.25) is 0 Å². The van der Waals surface area contributed by atoms with Crippen LogP contribution in [0.15, 0.2) is 30.5 Å². The van der Waals surface area contributed by atoms with E-state index >= 15 is 0 Å². The van der Waals surface area contributed by atoms with Gasteiger partial charge in [-0.15, -0.1) is 5.10 Å². The summed E-state index contributed by atoms with van der Waals surface area (Å²) in [6.07, 6.45) is 1.54. The van der Waals surface area contributed by atoms with E-state index in [0.717, 1.165) is 5.69 Å². The SMILES string of the molecule is CCOC(=O)c1cn(-c2cccc(OC)c2)nc1N. The quantitative estimate of drug-likeness (QED) is 0.846. The summed E-state index contributed by atoms with van der Waals surface area (Å²) in [4.78, 5) is 11.7. The number of esters is 1. The van der Waals surface area contributed by atoms with E-state index in [1.54, 1.807) is 26.3 Å². The fourth-order valence-electron chi connectivity index (χ4n) is 1.64. The molecule has 2 aromatic rings. The molecule has 0 saturated carbocycles. The van der Waals surface area contributed by atoms with Gasteiger partial charge < -0.3 is 15.2 Å². The molecule has 0 aliphatic rings. The Morgan fingerprint density at radius 2 is 2.26 bits per heavy atom. The minimum absolute atomic E-state index is 0.140. The monoisotopic (exact) mass is 261 g/mol. The van der Waals surface area contributed by atoms with Crippen LogP contribution in [0.5, 0.6) is 5.75 Å². The molecule has 0 unspecified atom stereocenters. The Morgan fingerprint density at radius 3 is 2.95 bits per heavy atom. The van der Waals surface area contributed by atoms with Gasteiger partial charge in [0.1, 0.15) is 11.3 Å². The lowest BCUT2D eigenvalue weighted by Gasteiger charge is -2.03. The number of anilines is 1. The van der Waals surface area contributed by atoms with E-state index in [2.05, 4.69) is 5.10 Å². The number of nitrogens with zero attached hydrogens (tertiary/aromatic N) is 2. The molecule has 0 fully saturated rings. The fourth-order valence-corrected chi connectivity index (χ4v) is 1.64.